The molecule has 0 amide bonds. The van der Waals surface area contributed by atoms with Crippen molar-refractivity contribution in [1.82, 2.24) is 19.4 Å². The second-order valence-corrected chi connectivity index (χ2v) is 9.47. The highest BCUT2D eigenvalue weighted by atomic mass is 32.2. The van der Waals surface area contributed by atoms with Gasteiger partial charge in [0.2, 0.25) is 15.9 Å². The van der Waals surface area contributed by atoms with Gasteiger partial charge in [0.25, 0.3) is 0 Å². The van der Waals surface area contributed by atoms with E-state index >= 15 is 0 Å². The highest BCUT2D eigenvalue weighted by molar-refractivity contribution is 7.92. The zero-order chi connectivity index (χ0) is 20.1. The van der Waals surface area contributed by atoms with Gasteiger partial charge in [0.05, 0.1) is 18.6 Å². The largest absolute Gasteiger partial charge is 0.477 e. The van der Waals surface area contributed by atoms with Crippen molar-refractivity contribution < 1.29 is 13.2 Å². The summed E-state index contributed by atoms with van der Waals surface area (Å²) >= 11 is 0. The van der Waals surface area contributed by atoms with Gasteiger partial charge in [-0.3, -0.25) is 8.71 Å². The van der Waals surface area contributed by atoms with Gasteiger partial charge < -0.3 is 4.74 Å². The number of fused-ring (bicyclic) bond motifs is 3. The van der Waals surface area contributed by atoms with Gasteiger partial charge in [-0.15, -0.1) is 0 Å². The molecule has 150 valence electrons. The SMILES string of the molecule is CCCc1nc(C)c2c(N(C)S(C)(=O)=O)nc3ccc(OCC4CC4)nc3n12. The van der Waals surface area contributed by atoms with Gasteiger partial charge in [0.15, 0.2) is 11.5 Å². The van der Waals surface area contributed by atoms with Gasteiger partial charge in [0, 0.05) is 19.5 Å². The Morgan fingerprint density at radius 3 is 2.64 bits per heavy atom. The van der Waals surface area contributed by atoms with E-state index in [0.717, 1.165) is 24.4 Å². The molecule has 4 rings (SSSR count). The maximum Gasteiger partial charge on any atom is 0.233 e. The zero-order valence-corrected chi connectivity index (χ0v) is 17.5. The summed E-state index contributed by atoms with van der Waals surface area (Å²) in [4.78, 5) is 14.0. The number of anilines is 1. The molecule has 0 unspecified atom stereocenters. The normalized spacial score (nSPS) is 14.7. The van der Waals surface area contributed by atoms with Crippen LogP contribution in [0.15, 0.2) is 12.1 Å². The molecule has 1 aliphatic rings. The molecular formula is C19H25N5O3S. The summed E-state index contributed by atoms with van der Waals surface area (Å²) in [7, 11) is -1.96. The summed E-state index contributed by atoms with van der Waals surface area (Å²) in [6.07, 6.45) is 5.26. The molecule has 0 bridgehead atoms. The van der Waals surface area contributed by atoms with Crippen LogP contribution in [0.2, 0.25) is 0 Å². The van der Waals surface area contributed by atoms with E-state index in [2.05, 4.69) is 16.9 Å². The number of sulfonamides is 1. The molecule has 8 nitrogen and oxygen atoms in total. The molecule has 0 aliphatic heterocycles. The lowest BCUT2D eigenvalue weighted by atomic mass is 10.3. The Morgan fingerprint density at radius 2 is 2.00 bits per heavy atom. The second kappa shape index (κ2) is 6.88. The van der Waals surface area contributed by atoms with Crippen LogP contribution in [-0.2, 0) is 16.4 Å². The van der Waals surface area contributed by atoms with Crippen LogP contribution < -0.4 is 9.04 Å². The molecule has 9 heteroatoms. The molecule has 1 fully saturated rings. The van der Waals surface area contributed by atoms with Crippen LogP contribution in [0.3, 0.4) is 0 Å². The van der Waals surface area contributed by atoms with E-state index in [9.17, 15) is 8.42 Å². The number of nitrogens with zero attached hydrogens (tertiary/aromatic N) is 5. The molecule has 0 radical (unpaired) electrons. The molecule has 3 aromatic heterocycles. The molecule has 0 spiro atoms. The quantitative estimate of drug-likeness (QED) is 0.603. The first-order valence-electron chi connectivity index (χ1n) is 9.55. The second-order valence-electron chi connectivity index (χ2n) is 7.46. The number of aromatic nitrogens is 4. The third kappa shape index (κ3) is 3.39. The summed E-state index contributed by atoms with van der Waals surface area (Å²) < 4.78 is 33.3. The van der Waals surface area contributed by atoms with E-state index in [-0.39, 0.29) is 0 Å². The van der Waals surface area contributed by atoms with Crippen LogP contribution >= 0.6 is 0 Å². The average molecular weight is 404 g/mol. The van der Waals surface area contributed by atoms with Crippen LogP contribution in [0, 0.1) is 12.8 Å². The maximum atomic E-state index is 12.2. The first-order valence-corrected chi connectivity index (χ1v) is 11.4. The van der Waals surface area contributed by atoms with Gasteiger partial charge in [0.1, 0.15) is 16.9 Å². The van der Waals surface area contributed by atoms with Crippen molar-refractivity contribution in [2.75, 3.05) is 24.2 Å². The van der Waals surface area contributed by atoms with E-state index < -0.39 is 10.0 Å². The number of imidazole rings is 1. The third-order valence-corrected chi connectivity index (χ3v) is 6.20. The fraction of sp³-hybridized carbons (Fsp3) is 0.526. The number of rotatable bonds is 7. The molecule has 0 N–H and O–H groups in total. The van der Waals surface area contributed by atoms with Gasteiger partial charge in [-0.1, -0.05) is 6.92 Å². The molecule has 28 heavy (non-hydrogen) atoms. The van der Waals surface area contributed by atoms with Crippen LogP contribution in [0.5, 0.6) is 5.88 Å². The predicted octanol–water partition coefficient (Wildman–Crippen LogP) is 2.72. The van der Waals surface area contributed by atoms with E-state index in [1.165, 1.54) is 30.5 Å². The van der Waals surface area contributed by atoms with E-state index in [0.29, 0.717) is 40.9 Å². The van der Waals surface area contributed by atoms with Crippen molar-refractivity contribution in [3.63, 3.8) is 0 Å². The molecule has 0 atom stereocenters. The van der Waals surface area contributed by atoms with E-state index in [1.807, 2.05) is 17.4 Å². The molecule has 0 saturated heterocycles. The Balaban J connectivity index is 1.96. The Bertz CT molecular complexity index is 1150. The Hall–Kier alpha value is -2.42. The molecular weight excluding hydrogens is 378 g/mol. The van der Waals surface area contributed by atoms with Crippen molar-refractivity contribution in [3.8, 4) is 5.88 Å². The third-order valence-electron chi connectivity index (χ3n) is 5.03. The topological polar surface area (TPSA) is 89.7 Å². The first kappa shape index (κ1) is 18.9. The number of ether oxygens (including phenoxy) is 1. The first-order chi connectivity index (χ1) is 13.3. The number of hydrogen-bond donors (Lipinski definition) is 0. The van der Waals surface area contributed by atoms with Crippen molar-refractivity contribution in [2.45, 2.75) is 39.5 Å². The lowest BCUT2D eigenvalue weighted by Gasteiger charge is -2.18. The van der Waals surface area contributed by atoms with E-state index in [1.54, 1.807) is 6.07 Å². The Labute approximate surface area is 164 Å². The minimum absolute atomic E-state index is 0.357. The van der Waals surface area contributed by atoms with Gasteiger partial charge in [-0.05, 0) is 38.2 Å². The molecule has 1 aliphatic carbocycles. The number of aryl methyl sites for hydroxylation is 2. The maximum absolute atomic E-state index is 12.2. The minimum atomic E-state index is -3.47. The average Bonchev–Trinajstić information content (AvgIpc) is 3.42. The van der Waals surface area contributed by atoms with Crippen molar-refractivity contribution >= 4 is 32.5 Å². The number of hydrogen-bond acceptors (Lipinski definition) is 6. The van der Waals surface area contributed by atoms with Crippen LogP contribution in [0.4, 0.5) is 5.82 Å². The minimum Gasteiger partial charge on any atom is -0.477 e. The van der Waals surface area contributed by atoms with Crippen molar-refractivity contribution in [3.05, 3.63) is 23.7 Å². The summed E-state index contributed by atoms with van der Waals surface area (Å²) in [6, 6.07) is 3.62. The summed E-state index contributed by atoms with van der Waals surface area (Å²) in [6.45, 7) is 4.63. The van der Waals surface area contributed by atoms with Crippen LogP contribution in [0.1, 0.15) is 37.7 Å². The summed E-state index contributed by atoms with van der Waals surface area (Å²) in [5.74, 6) is 2.39. The van der Waals surface area contributed by atoms with Crippen LogP contribution in [0.25, 0.3) is 16.7 Å². The summed E-state index contributed by atoms with van der Waals surface area (Å²) in [5.41, 5.74) is 2.63. The van der Waals surface area contributed by atoms with Crippen molar-refractivity contribution in [1.29, 1.82) is 0 Å². The van der Waals surface area contributed by atoms with Crippen molar-refractivity contribution in [2.24, 2.45) is 5.92 Å². The monoisotopic (exact) mass is 403 g/mol. The van der Waals surface area contributed by atoms with Gasteiger partial charge in [-0.25, -0.2) is 18.4 Å². The Morgan fingerprint density at radius 1 is 1.25 bits per heavy atom. The lowest BCUT2D eigenvalue weighted by Crippen LogP contribution is -2.26. The number of pyridine rings is 1. The molecule has 3 aromatic rings. The molecule has 3 heterocycles. The zero-order valence-electron chi connectivity index (χ0n) is 16.6. The fourth-order valence-electron chi connectivity index (χ4n) is 3.26. The predicted molar refractivity (Wildman–Crippen MR) is 108 cm³/mol. The molecule has 1 saturated carbocycles. The smallest absolute Gasteiger partial charge is 0.233 e. The molecule has 0 aromatic carbocycles. The standard InChI is InChI=1S/C19H25N5O3S/c1-5-6-15-20-12(2)17-19(23(3)28(4,25)26)21-14-9-10-16(22-18(14)24(15)17)27-11-13-7-8-13/h9-10,13H,5-8,11H2,1-4H3. The van der Waals surface area contributed by atoms with E-state index in [4.69, 9.17) is 9.72 Å². The highest BCUT2D eigenvalue weighted by Crippen LogP contribution is 2.31. The fourth-order valence-corrected chi connectivity index (χ4v) is 3.70. The Kier molecular flexibility index (Phi) is 4.65. The highest BCUT2D eigenvalue weighted by Gasteiger charge is 2.25. The summed E-state index contributed by atoms with van der Waals surface area (Å²) in [5, 5.41) is 0. The van der Waals surface area contributed by atoms with Gasteiger partial charge >= 0.3 is 0 Å². The van der Waals surface area contributed by atoms with Crippen LogP contribution in [-0.4, -0.2) is 47.7 Å². The van der Waals surface area contributed by atoms with Gasteiger partial charge in [-0.2, -0.15) is 4.98 Å². The lowest BCUT2D eigenvalue weighted by molar-refractivity contribution is 0.289.